The summed E-state index contributed by atoms with van der Waals surface area (Å²) in [7, 11) is 1.54. The maximum Gasteiger partial charge on any atom is 0.292 e. The van der Waals surface area contributed by atoms with Crippen LogP contribution in [0.1, 0.15) is 27.8 Å². The van der Waals surface area contributed by atoms with Gasteiger partial charge >= 0.3 is 0 Å². The number of ether oxygens (including phenoxy) is 1. The van der Waals surface area contributed by atoms with Crippen molar-refractivity contribution in [3.05, 3.63) is 47.0 Å². The summed E-state index contributed by atoms with van der Waals surface area (Å²) in [5.41, 5.74) is 0.948. The molecule has 7 heteroatoms. The van der Waals surface area contributed by atoms with Gasteiger partial charge in [-0.25, -0.2) is 0 Å². The fraction of sp³-hybridized carbons (Fsp3) is 0.176. The van der Waals surface area contributed by atoms with Crippen LogP contribution >= 0.6 is 11.3 Å². The first-order valence-corrected chi connectivity index (χ1v) is 8.28. The summed E-state index contributed by atoms with van der Waals surface area (Å²) in [6.45, 7) is 2.39. The Morgan fingerprint density at radius 2 is 2.08 bits per heavy atom. The number of para-hydroxylation sites is 1. The summed E-state index contributed by atoms with van der Waals surface area (Å²) in [5.74, 6) is 0.0840. The van der Waals surface area contributed by atoms with Crippen LogP contribution in [0, 0.1) is 0 Å². The molecule has 3 aromatic rings. The van der Waals surface area contributed by atoms with Crippen molar-refractivity contribution < 1.29 is 18.7 Å². The molecule has 0 bridgehead atoms. The number of carbonyl (C=O) groups excluding carboxylic acids is 2. The molecule has 2 amide bonds. The lowest BCUT2D eigenvalue weighted by molar-refractivity contribution is 0.0964. The summed E-state index contributed by atoms with van der Waals surface area (Å²) in [5, 5.41) is 8.26. The third-order valence-corrected chi connectivity index (χ3v) is 4.23. The number of amides is 2. The van der Waals surface area contributed by atoms with Gasteiger partial charge in [0.15, 0.2) is 17.1 Å². The topological polar surface area (TPSA) is 80.6 Å². The van der Waals surface area contributed by atoms with Crippen LogP contribution < -0.4 is 15.4 Å². The molecule has 2 heterocycles. The molecule has 0 spiro atoms. The van der Waals surface area contributed by atoms with E-state index in [1.807, 2.05) is 19.1 Å². The van der Waals surface area contributed by atoms with Gasteiger partial charge in [-0.1, -0.05) is 12.1 Å². The van der Waals surface area contributed by atoms with Gasteiger partial charge in [0.1, 0.15) is 5.00 Å². The number of rotatable bonds is 5. The highest BCUT2D eigenvalue weighted by Crippen LogP contribution is 2.30. The number of hydrogen-bond acceptors (Lipinski definition) is 5. The van der Waals surface area contributed by atoms with Crippen LogP contribution in [0.15, 0.2) is 40.1 Å². The Kier molecular flexibility index (Phi) is 4.52. The first-order valence-electron chi connectivity index (χ1n) is 7.40. The quantitative estimate of drug-likeness (QED) is 0.742. The van der Waals surface area contributed by atoms with Crippen molar-refractivity contribution in [2.45, 2.75) is 6.92 Å². The van der Waals surface area contributed by atoms with E-state index in [9.17, 15) is 9.59 Å². The average molecular weight is 344 g/mol. The van der Waals surface area contributed by atoms with E-state index in [1.165, 1.54) is 11.3 Å². The molecule has 24 heavy (non-hydrogen) atoms. The minimum Gasteiger partial charge on any atom is -0.490 e. The first kappa shape index (κ1) is 16.1. The molecule has 2 aromatic heterocycles. The minimum absolute atomic E-state index is 0.161. The normalized spacial score (nSPS) is 10.6. The number of hydrogen-bond donors (Lipinski definition) is 2. The lowest BCUT2D eigenvalue weighted by atomic mass is 10.2. The molecule has 0 saturated heterocycles. The fourth-order valence-corrected chi connectivity index (χ4v) is 3.08. The third kappa shape index (κ3) is 2.98. The smallest absolute Gasteiger partial charge is 0.292 e. The van der Waals surface area contributed by atoms with Gasteiger partial charge in [-0.15, -0.1) is 11.3 Å². The standard InChI is InChI=1S/C17H16N2O4S/c1-3-22-12-6-4-5-10-9-13(23-14(10)12)16(21)19-17-11(7-8-24-17)15(20)18-2/h4-9H,3H2,1-2H3,(H,18,20)(H,19,21). The molecule has 0 radical (unpaired) electrons. The highest BCUT2D eigenvalue weighted by Gasteiger charge is 2.18. The van der Waals surface area contributed by atoms with E-state index < -0.39 is 5.91 Å². The largest absolute Gasteiger partial charge is 0.490 e. The van der Waals surface area contributed by atoms with E-state index in [1.54, 1.807) is 30.6 Å². The van der Waals surface area contributed by atoms with Crippen molar-refractivity contribution in [1.29, 1.82) is 0 Å². The summed E-state index contributed by atoms with van der Waals surface area (Å²) in [6, 6.07) is 8.79. The van der Waals surface area contributed by atoms with Crippen LogP contribution in [-0.2, 0) is 0 Å². The first-order chi connectivity index (χ1) is 11.6. The SMILES string of the molecule is CCOc1cccc2cc(C(=O)Nc3sccc3C(=O)NC)oc12. The molecule has 0 saturated carbocycles. The Labute approximate surface area is 142 Å². The highest BCUT2D eigenvalue weighted by molar-refractivity contribution is 7.14. The summed E-state index contributed by atoms with van der Waals surface area (Å²) in [6.07, 6.45) is 0. The average Bonchev–Trinajstić information content (AvgIpc) is 3.21. The van der Waals surface area contributed by atoms with Crippen molar-refractivity contribution in [2.24, 2.45) is 0 Å². The third-order valence-electron chi connectivity index (χ3n) is 3.40. The summed E-state index contributed by atoms with van der Waals surface area (Å²) >= 11 is 1.28. The van der Waals surface area contributed by atoms with Gasteiger partial charge in [0, 0.05) is 12.4 Å². The molecule has 124 valence electrons. The van der Waals surface area contributed by atoms with Crippen molar-refractivity contribution in [2.75, 3.05) is 19.0 Å². The van der Waals surface area contributed by atoms with Crippen LogP contribution in [0.2, 0.25) is 0 Å². The van der Waals surface area contributed by atoms with Crippen LogP contribution in [0.5, 0.6) is 5.75 Å². The van der Waals surface area contributed by atoms with Gasteiger partial charge in [-0.2, -0.15) is 0 Å². The van der Waals surface area contributed by atoms with Crippen molar-refractivity contribution in [1.82, 2.24) is 5.32 Å². The van der Waals surface area contributed by atoms with Crippen molar-refractivity contribution in [3.8, 4) is 5.75 Å². The zero-order chi connectivity index (χ0) is 17.1. The zero-order valence-electron chi connectivity index (χ0n) is 13.2. The van der Waals surface area contributed by atoms with Gasteiger partial charge in [-0.3, -0.25) is 9.59 Å². The molecule has 0 aliphatic rings. The van der Waals surface area contributed by atoms with E-state index in [2.05, 4.69) is 10.6 Å². The van der Waals surface area contributed by atoms with E-state index in [0.29, 0.717) is 28.5 Å². The number of fused-ring (bicyclic) bond motifs is 1. The molecule has 0 atom stereocenters. The second-order valence-electron chi connectivity index (χ2n) is 4.91. The molecular weight excluding hydrogens is 328 g/mol. The molecule has 0 unspecified atom stereocenters. The molecule has 2 N–H and O–H groups in total. The molecular formula is C17H16N2O4S. The molecule has 1 aromatic carbocycles. The maximum absolute atomic E-state index is 12.4. The number of thiophene rings is 1. The molecule has 0 aliphatic carbocycles. The zero-order valence-corrected chi connectivity index (χ0v) is 14.0. The Morgan fingerprint density at radius 1 is 1.25 bits per heavy atom. The lowest BCUT2D eigenvalue weighted by Gasteiger charge is -2.04. The van der Waals surface area contributed by atoms with E-state index >= 15 is 0 Å². The minimum atomic E-state index is -0.416. The molecule has 0 aliphatic heterocycles. The lowest BCUT2D eigenvalue weighted by Crippen LogP contribution is -2.20. The van der Waals surface area contributed by atoms with Gasteiger partial charge < -0.3 is 19.8 Å². The van der Waals surface area contributed by atoms with Crippen molar-refractivity contribution in [3.63, 3.8) is 0 Å². The fourth-order valence-electron chi connectivity index (χ4n) is 2.30. The number of benzene rings is 1. The Balaban J connectivity index is 1.88. The second-order valence-corrected chi connectivity index (χ2v) is 5.83. The summed E-state index contributed by atoms with van der Waals surface area (Å²) in [4.78, 5) is 24.2. The molecule has 3 rings (SSSR count). The monoisotopic (exact) mass is 344 g/mol. The van der Waals surface area contributed by atoms with Gasteiger partial charge in [-0.05, 0) is 30.5 Å². The molecule has 6 nitrogen and oxygen atoms in total. The predicted octanol–water partition coefficient (Wildman–Crippen LogP) is 3.50. The van der Waals surface area contributed by atoms with Crippen LogP contribution in [0.4, 0.5) is 5.00 Å². The van der Waals surface area contributed by atoms with Crippen LogP contribution in [-0.4, -0.2) is 25.5 Å². The van der Waals surface area contributed by atoms with Gasteiger partial charge in [0.05, 0.1) is 12.2 Å². The van der Waals surface area contributed by atoms with Crippen LogP contribution in [0.3, 0.4) is 0 Å². The number of furan rings is 1. The van der Waals surface area contributed by atoms with Crippen molar-refractivity contribution >= 4 is 39.1 Å². The van der Waals surface area contributed by atoms with E-state index in [4.69, 9.17) is 9.15 Å². The second kappa shape index (κ2) is 6.76. The Morgan fingerprint density at radius 3 is 2.83 bits per heavy atom. The highest BCUT2D eigenvalue weighted by atomic mass is 32.1. The summed E-state index contributed by atoms with van der Waals surface area (Å²) < 4.78 is 11.2. The predicted molar refractivity (Wildman–Crippen MR) is 93.0 cm³/mol. The maximum atomic E-state index is 12.4. The van der Waals surface area contributed by atoms with E-state index in [-0.39, 0.29) is 11.7 Å². The number of carbonyl (C=O) groups is 2. The van der Waals surface area contributed by atoms with E-state index in [0.717, 1.165) is 5.39 Å². The van der Waals surface area contributed by atoms with Crippen LogP contribution in [0.25, 0.3) is 11.0 Å². The van der Waals surface area contributed by atoms with Gasteiger partial charge in [0.25, 0.3) is 11.8 Å². The Bertz CT molecular complexity index is 897. The number of anilines is 1. The Hall–Kier alpha value is -2.80. The number of nitrogens with one attached hydrogen (secondary N) is 2. The van der Waals surface area contributed by atoms with Gasteiger partial charge in [0.2, 0.25) is 0 Å². The molecule has 0 fully saturated rings.